The predicted octanol–water partition coefficient (Wildman–Crippen LogP) is 2.77. The Hall–Kier alpha value is -4.08. The Labute approximate surface area is 182 Å². The number of nitrogen functional groups attached to an aromatic ring is 1. The molecule has 10 heteroatoms. The molecule has 0 aliphatic heterocycles. The van der Waals surface area contributed by atoms with Crippen molar-refractivity contribution in [2.75, 3.05) is 5.73 Å². The summed E-state index contributed by atoms with van der Waals surface area (Å²) in [6.45, 7) is 0.400. The van der Waals surface area contributed by atoms with E-state index in [9.17, 15) is 9.18 Å². The third-order valence-corrected chi connectivity index (χ3v) is 5.49. The number of anilines is 1. The summed E-state index contributed by atoms with van der Waals surface area (Å²) in [6, 6.07) is 12.0. The third kappa shape index (κ3) is 3.94. The van der Waals surface area contributed by atoms with Crippen LogP contribution >= 0.6 is 0 Å². The molecule has 1 amide bonds. The van der Waals surface area contributed by atoms with Crippen LogP contribution in [0, 0.1) is 0 Å². The molecule has 162 valence electrons. The van der Waals surface area contributed by atoms with Crippen LogP contribution in [0.3, 0.4) is 0 Å². The van der Waals surface area contributed by atoms with Crippen LogP contribution in [0.25, 0.3) is 0 Å². The summed E-state index contributed by atoms with van der Waals surface area (Å²) in [6.07, 6.45) is 3.12. The molecule has 3 aromatic heterocycles. The minimum Gasteiger partial charge on any atom is -0.384 e. The first kappa shape index (κ1) is 19.9. The minimum atomic E-state index is -1.35. The number of aryl methyl sites for hydroxylation is 1. The molecule has 2 atom stereocenters. The lowest BCUT2D eigenvalue weighted by Crippen LogP contribution is -2.27. The molecule has 32 heavy (non-hydrogen) atoms. The smallest absolute Gasteiger partial charge is 0.273 e. The number of carbonyl (C=O) groups is 1. The molecule has 1 aliphatic carbocycles. The number of hydrogen-bond acceptors (Lipinski definition) is 7. The molecule has 0 saturated heterocycles. The maximum atomic E-state index is 14.4. The molecule has 0 radical (unpaired) electrons. The second kappa shape index (κ2) is 8.22. The van der Waals surface area contributed by atoms with Crippen molar-refractivity contribution in [3.63, 3.8) is 0 Å². The fraction of sp³-hybridized carbons (Fsp3) is 0.227. The van der Waals surface area contributed by atoms with Crippen molar-refractivity contribution in [2.45, 2.75) is 31.6 Å². The summed E-state index contributed by atoms with van der Waals surface area (Å²) in [5.74, 6) is 0.182. The highest BCUT2D eigenvalue weighted by molar-refractivity contribution is 5.92. The highest BCUT2D eigenvalue weighted by atomic mass is 19.1. The van der Waals surface area contributed by atoms with E-state index in [-0.39, 0.29) is 23.3 Å². The van der Waals surface area contributed by atoms with Gasteiger partial charge in [-0.25, -0.2) is 14.1 Å². The lowest BCUT2D eigenvalue weighted by Gasteiger charge is -2.12. The summed E-state index contributed by atoms with van der Waals surface area (Å²) >= 11 is 0. The van der Waals surface area contributed by atoms with E-state index in [1.54, 1.807) is 41.2 Å². The number of fused-ring (bicyclic) bond motifs is 1. The molecule has 9 nitrogen and oxygen atoms in total. The molecule has 5 rings (SSSR count). The number of hydrogen-bond donors (Lipinski definition) is 2. The Bertz CT molecular complexity index is 1240. The van der Waals surface area contributed by atoms with Crippen LogP contribution in [0.5, 0.6) is 0 Å². The number of nitrogens with one attached hydrogen (secondary N) is 1. The van der Waals surface area contributed by atoms with Crippen LogP contribution in [-0.4, -0.2) is 31.0 Å². The van der Waals surface area contributed by atoms with Crippen LogP contribution in [0.15, 0.2) is 59.4 Å². The number of nitrogens with zero attached hydrogens (tertiary/aromatic N) is 5. The summed E-state index contributed by atoms with van der Waals surface area (Å²) in [5, 5.41) is 14.7. The van der Waals surface area contributed by atoms with E-state index in [1.165, 1.54) is 12.3 Å². The van der Waals surface area contributed by atoms with E-state index >= 15 is 0 Å². The quantitative estimate of drug-likeness (QED) is 0.479. The van der Waals surface area contributed by atoms with Crippen molar-refractivity contribution in [2.24, 2.45) is 0 Å². The molecular formula is C22H20FN7O2. The Kier molecular flexibility index (Phi) is 5.10. The first-order valence-electron chi connectivity index (χ1n) is 10.2. The van der Waals surface area contributed by atoms with Gasteiger partial charge < -0.3 is 15.6 Å². The number of rotatable bonds is 6. The normalized spacial score (nSPS) is 16.0. The molecule has 3 N–H and O–H groups in total. The van der Waals surface area contributed by atoms with Gasteiger partial charge in [-0.05, 0) is 35.6 Å². The zero-order valence-corrected chi connectivity index (χ0v) is 17.0. The molecule has 0 saturated carbocycles. The summed E-state index contributed by atoms with van der Waals surface area (Å²) in [4.78, 5) is 17.0. The Morgan fingerprint density at radius 3 is 2.88 bits per heavy atom. The topological polar surface area (TPSA) is 125 Å². The molecule has 0 bridgehead atoms. The highest BCUT2D eigenvalue weighted by Crippen LogP contribution is 2.30. The summed E-state index contributed by atoms with van der Waals surface area (Å²) < 4.78 is 20.7. The zero-order valence-electron chi connectivity index (χ0n) is 17.0. The van der Waals surface area contributed by atoms with E-state index in [0.717, 1.165) is 29.7 Å². The number of carbonyl (C=O) groups excluding carboxylic acids is 1. The number of halogens is 1. The van der Waals surface area contributed by atoms with Crippen molar-refractivity contribution in [1.82, 2.24) is 30.5 Å². The second-order valence-corrected chi connectivity index (χ2v) is 7.67. The lowest BCUT2D eigenvalue weighted by atomic mass is 10.1. The predicted molar refractivity (Wildman–Crippen MR) is 112 cm³/mol. The van der Waals surface area contributed by atoms with Gasteiger partial charge in [-0.1, -0.05) is 40.7 Å². The van der Waals surface area contributed by atoms with Gasteiger partial charge >= 0.3 is 0 Å². The number of nitrogens with two attached hydrogens (primary N) is 1. The molecule has 3 heterocycles. The van der Waals surface area contributed by atoms with Crippen LogP contribution in [0.4, 0.5) is 10.2 Å². The Morgan fingerprint density at radius 1 is 1.25 bits per heavy atom. The van der Waals surface area contributed by atoms with Crippen LogP contribution in [-0.2, 0) is 13.0 Å². The maximum absolute atomic E-state index is 14.4. The van der Waals surface area contributed by atoms with Gasteiger partial charge in [-0.3, -0.25) is 4.79 Å². The van der Waals surface area contributed by atoms with E-state index in [0.29, 0.717) is 17.9 Å². The number of amides is 1. The average Bonchev–Trinajstić information content (AvgIpc) is 3.55. The van der Waals surface area contributed by atoms with Crippen molar-refractivity contribution < 1.29 is 13.7 Å². The minimum absolute atomic E-state index is 0.123. The molecule has 1 aromatic carbocycles. The molecular weight excluding hydrogens is 413 g/mol. The monoisotopic (exact) mass is 433 g/mol. The van der Waals surface area contributed by atoms with Gasteiger partial charge in [0.25, 0.3) is 5.91 Å². The van der Waals surface area contributed by atoms with Gasteiger partial charge in [0.1, 0.15) is 17.8 Å². The van der Waals surface area contributed by atoms with Gasteiger partial charge in [-0.2, -0.15) is 0 Å². The third-order valence-electron chi connectivity index (χ3n) is 5.49. The largest absolute Gasteiger partial charge is 0.384 e. The van der Waals surface area contributed by atoms with Gasteiger partial charge in [0.15, 0.2) is 11.9 Å². The SMILES string of the molecule is Nc1ccc2c(n1)CCC2NC(=O)c1cn(Cc2ccc(C(F)c3ccon3)cc2)nn1. The fourth-order valence-electron chi connectivity index (χ4n) is 3.85. The van der Waals surface area contributed by atoms with Gasteiger partial charge in [0.05, 0.1) is 18.8 Å². The van der Waals surface area contributed by atoms with Crippen molar-refractivity contribution in [1.29, 1.82) is 0 Å². The molecule has 0 spiro atoms. The van der Waals surface area contributed by atoms with Gasteiger partial charge in [0, 0.05) is 11.8 Å². The standard InChI is InChI=1S/C22H20FN7O2/c23-21(18-9-10-32-28-18)14-3-1-13(2-4-14)11-30-12-19(27-29-30)22(31)26-17-7-6-16-15(17)5-8-20(24)25-16/h1-5,8-10,12,17,21H,6-7,11H2,(H2,24,25)(H,26,31). The summed E-state index contributed by atoms with van der Waals surface area (Å²) in [5.41, 5.74) is 9.47. The first-order chi connectivity index (χ1) is 15.6. The Morgan fingerprint density at radius 2 is 2.09 bits per heavy atom. The first-order valence-corrected chi connectivity index (χ1v) is 10.2. The molecule has 2 unspecified atom stereocenters. The van der Waals surface area contributed by atoms with E-state index in [1.807, 2.05) is 6.07 Å². The van der Waals surface area contributed by atoms with E-state index in [4.69, 9.17) is 10.3 Å². The zero-order chi connectivity index (χ0) is 22.1. The number of pyridine rings is 1. The van der Waals surface area contributed by atoms with Crippen molar-refractivity contribution in [3.05, 3.63) is 88.7 Å². The van der Waals surface area contributed by atoms with Crippen LogP contribution in [0.2, 0.25) is 0 Å². The number of alkyl halides is 1. The van der Waals surface area contributed by atoms with E-state index in [2.05, 4.69) is 25.8 Å². The molecule has 4 aromatic rings. The number of benzene rings is 1. The Balaban J connectivity index is 1.22. The second-order valence-electron chi connectivity index (χ2n) is 7.67. The highest BCUT2D eigenvalue weighted by Gasteiger charge is 2.26. The molecule has 0 fully saturated rings. The number of aromatic nitrogens is 5. The fourth-order valence-corrected chi connectivity index (χ4v) is 3.85. The van der Waals surface area contributed by atoms with Crippen molar-refractivity contribution in [3.8, 4) is 0 Å². The van der Waals surface area contributed by atoms with Crippen LogP contribution in [0.1, 0.15) is 57.2 Å². The van der Waals surface area contributed by atoms with Crippen LogP contribution < -0.4 is 11.1 Å². The summed E-state index contributed by atoms with van der Waals surface area (Å²) in [7, 11) is 0. The van der Waals surface area contributed by atoms with E-state index < -0.39 is 6.17 Å². The van der Waals surface area contributed by atoms with Gasteiger partial charge in [-0.15, -0.1) is 5.10 Å². The lowest BCUT2D eigenvalue weighted by molar-refractivity contribution is 0.0931. The average molecular weight is 433 g/mol. The van der Waals surface area contributed by atoms with Gasteiger partial charge in [0.2, 0.25) is 0 Å². The molecule has 1 aliphatic rings. The maximum Gasteiger partial charge on any atom is 0.273 e. The van der Waals surface area contributed by atoms with Crippen molar-refractivity contribution >= 4 is 11.7 Å².